The normalized spacial score (nSPS) is 10.0. The third-order valence-electron chi connectivity index (χ3n) is 2.06. The summed E-state index contributed by atoms with van der Waals surface area (Å²) in [6.45, 7) is 0.313. The lowest BCUT2D eigenvalue weighted by molar-refractivity contribution is 0.0947. The Morgan fingerprint density at radius 2 is 2.31 bits per heavy atom. The molecule has 1 amide bonds. The quantitative estimate of drug-likeness (QED) is 0.756. The van der Waals surface area contributed by atoms with Gasteiger partial charge < -0.3 is 15.6 Å². The zero-order chi connectivity index (χ0) is 11.4. The molecule has 0 aliphatic heterocycles. The monoisotopic (exact) mass is 217 g/mol. The van der Waals surface area contributed by atoms with Crippen molar-refractivity contribution in [3.05, 3.63) is 47.9 Å². The highest BCUT2D eigenvalue weighted by atomic mass is 16.5. The van der Waals surface area contributed by atoms with Gasteiger partial charge in [-0.1, -0.05) is 11.2 Å². The molecule has 0 saturated carbocycles. The van der Waals surface area contributed by atoms with Crippen LogP contribution in [-0.4, -0.2) is 11.1 Å². The molecule has 5 nitrogen and oxygen atoms in total. The molecular formula is C11H11N3O2. The number of nitrogen functional groups attached to an aromatic ring is 1. The number of nitrogens with one attached hydrogen (secondary N) is 1. The van der Waals surface area contributed by atoms with Crippen molar-refractivity contribution in [2.24, 2.45) is 0 Å². The molecule has 0 bridgehead atoms. The average Bonchev–Trinajstić information content (AvgIpc) is 2.78. The predicted molar refractivity (Wildman–Crippen MR) is 58.5 cm³/mol. The van der Waals surface area contributed by atoms with Crippen LogP contribution in [0.3, 0.4) is 0 Å². The van der Waals surface area contributed by atoms with Crippen LogP contribution < -0.4 is 11.1 Å². The number of benzene rings is 1. The van der Waals surface area contributed by atoms with E-state index >= 15 is 0 Å². The number of hydrogen-bond acceptors (Lipinski definition) is 4. The first kappa shape index (κ1) is 10.2. The molecule has 1 heterocycles. The maximum Gasteiger partial charge on any atom is 0.251 e. The van der Waals surface area contributed by atoms with Gasteiger partial charge in [0.25, 0.3) is 5.91 Å². The van der Waals surface area contributed by atoms with E-state index in [-0.39, 0.29) is 5.91 Å². The molecule has 0 aliphatic rings. The van der Waals surface area contributed by atoms with Crippen molar-refractivity contribution in [3.8, 4) is 0 Å². The van der Waals surface area contributed by atoms with Crippen LogP contribution in [0.25, 0.3) is 0 Å². The summed E-state index contributed by atoms with van der Waals surface area (Å²) in [5, 5.41) is 6.24. The highest BCUT2D eigenvalue weighted by Gasteiger charge is 2.06. The lowest BCUT2D eigenvalue weighted by atomic mass is 10.2. The summed E-state index contributed by atoms with van der Waals surface area (Å²) < 4.78 is 4.85. The number of carbonyl (C=O) groups excluding carboxylic acids is 1. The summed E-state index contributed by atoms with van der Waals surface area (Å²) in [6, 6.07) is 8.48. The van der Waals surface area contributed by atoms with Gasteiger partial charge in [-0.3, -0.25) is 4.79 Å². The molecule has 2 aromatic rings. The predicted octanol–water partition coefficient (Wildman–Crippen LogP) is 1.19. The minimum absolute atomic E-state index is 0.191. The molecule has 0 unspecified atom stereocenters. The Hall–Kier alpha value is -2.30. The van der Waals surface area contributed by atoms with Gasteiger partial charge in [-0.05, 0) is 18.2 Å². The zero-order valence-corrected chi connectivity index (χ0v) is 8.51. The van der Waals surface area contributed by atoms with Crippen molar-refractivity contribution in [1.29, 1.82) is 0 Å². The van der Waals surface area contributed by atoms with Gasteiger partial charge in [-0.25, -0.2) is 0 Å². The standard InChI is InChI=1S/C11H11N3O2/c12-9-3-1-2-8(6-9)11(15)13-7-10-4-5-14-16-10/h1-6H,7,12H2,(H,13,15). The minimum Gasteiger partial charge on any atom is -0.399 e. The molecule has 0 spiro atoms. The zero-order valence-electron chi connectivity index (χ0n) is 8.51. The first-order chi connectivity index (χ1) is 7.75. The Morgan fingerprint density at radius 1 is 1.44 bits per heavy atom. The maximum absolute atomic E-state index is 11.7. The van der Waals surface area contributed by atoms with Crippen LogP contribution in [0.5, 0.6) is 0 Å². The van der Waals surface area contributed by atoms with Gasteiger partial charge in [0.1, 0.15) is 0 Å². The summed E-state index contributed by atoms with van der Waals surface area (Å²) >= 11 is 0. The molecule has 3 N–H and O–H groups in total. The summed E-state index contributed by atoms with van der Waals surface area (Å²) in [6.07, 6.45) is 1.53. The molecule has 5 heteroatoms. The molecular weight excluding hydrogens is 206 g/mol. The lowest BCUT2D eigenvalue weighted by Crippen LogP contribution is -2.22. The molecule has 0 saturated heterocycles. The van der Waals surface area contributed by atoms with Crippen molar-refractivity contribution in [2.75, 3.05) is 5.73 Å². The number of anilines is 1. The fourth-order valence-electron chi connectivity index (χ4n) is 1.28. The van der Waals surface area contributed by atoms with Gasteiger partial charge in [0.2, 0.25) is 0 Å². The highest BCUT2D eigenvalue weighted by molar-refractivity contribution is 5.94. The van der Waals surface area contributed by atoms with Gasteiger partial charge in [0.05, 0.1) is 12.7 Å². The van der Waals surface area contributed by atoms with Crippen LogP contribution in [0.15, 0.2) is 41.1 Å². The van der Waals surface area contributed by atoms with E-state index in [1.165, 1.54) is 6.20 Å². The molecule has 0 aliphatic carbocycles. The number of rotatable bonds is 3. The highest BCUT2D eigenvalue weighted by Crippen LogP contribution is 2.06. The number of nitrogens with zero attached hydrogens (tertiary/aromatic N) is 1. The van der Waals surface area contributed by atoms with Crippen molar-refractivity contribution >= 4 is 11.6 Å². The Bertz CT molecular complexity index is 480. The molecule has 1 aromatic carbocycles. The van der Waals surface area contributed by atoms with Crippen LogP contribution in [0, 0.1) is 0 Å². The second-order valence-electron chi connectivity index (χ2n) is 3.29. The molecule has 82 valence electrons. The molecule has 2 rings (SSSR count). The fourth-order valence-corrected chi connectivity index (χ4v) is 1.28. The topological polar surface area (TPSA) is 81.2 Å². The average molecular weight is 217 g/mol. The summed E-state index contributed by atoms with van der Waals surface area (Å²) in [5.41, 5.74) is 6.67. The molecule has 16 heavy (non-hydrogen) atoms. The number of amides is 1. The van der Waals surface area contributed by atoms with Gasteiger partial charge in [-0.2, -0.15) is 0 Å². The Kier molecular flexibility index (Phi) is 2.86. The molecule has 1 aromatic heterocycles. The largest absolute Gasteiger partial charge is 0.399 e. The number of nitrogens with two attached hydrogens (primary N) is 1. The second-order valence-corrected chi connectivity index (χ2v) is 3.29. The molecule has 0 radical (unpaired) electrons. The van der Waals surface area contributed by atoms with E-state index in [1.54, 1.807) is 30.3 Å². The SMILES string of the molecule is Nc1cccc(C(=O)NCc2ccno2)c1. The summed E-state index contributed by atoms with van der Waals surface area (Å²) in [7, 11) is 0. The maximum atomic E-state index is 11.7. The summed E-state index contributed by atoms with van der Waals surface area (Å²) in [4.78, 5) is 11.7. The van der Waals surface area contributed by atoms with Crippen molar-refractivity contribution in [2.45, 2.75) is 6.54 Å². The minimum atomic E-state index is -0.191. The fraction of sp³-hybridized carbons (Fsp3) is 0.0909. The van der Waals surface area contributed by atoms with E-state index in [9.17, 15) is 4.79 Å². The van der Waals surface area contributed by atoms with Crippen molar-refractivity contribution in [1.82, 2.24) is 10.5 Å². The van der Waals surface area contributed by atoms with Gasteiger partial charge in [0, 0.05) is 17.3 Å². The van der Waals surface area contributed by atoms with Crippen LogP contribution in [-0.2, 0) is 6.54 Å². The second kappa shape index (κ2) is 4.48. The third kappa shape index (κ3) is 2.38. The van der Waals surface area contributed by atoms with Crippen molar-refractivity contribution < 1.29 is 9.32 Å². The van der Waals surface area contributed by atoms with Crippen molar-refractivity contribution in [3.63, 3.8) is 0 Å². The lowest BCUT2D eigenvalue weighted by Gasteiger charge is -2.03. The van der Waals surface area contributed by atoms with Gasteiger partial charge in [-0.15, -0.1) is 0 Å². The van der Waals surface area contributed by atoms with Gasteiger partial charge in [0.15, 0.2) is 5.76 Å². The summed E-state index contributed by atoms with van der Waals surface area (Å²) in [5.74, 6) is 0.418. The first-order valence-electron chi connectivity index (χ1n) is 4.79. The molecule has 0 atom stereocenters. The van der Waals surface area contributed by atoms with E-state index in [0.717, 1.165) is 0 Å². The van der Waals surface area contributed by atoms with Crippen LogP contribution in [0.1, 0.15) is 16.1 Å². The number of carbonyl (C=O) groups is 1. The van der Waals surface area contributed by atoms with E-state index < -0.39 is 0 Å². The Morgan fingerprint density at radius 3 is 3.00 bits per heavy atom. The number of hydrogen-bond donors (Lipinski definition) is 2. The van der Waals surface area contributed by atoms with E-state index in [0.29, 0.717) is 23.6 Å². The Labute approximate surface area is 92.2 Å². The van der Waals surface area contributed by atoms with E-state index in [4.69, 9.17) is 10.3 Å². The third-order valence-corrected chi connectivity index (χ3v) is 2.06. The van der Waals surface area contributed by atoms with Crippen LogP contribution >= 0.6 is 0 Å². The Balaban J connectivity index is 1.98. The molecule has 0 fully saturated rings. The first-order valence-corrected chi connectivity index (χ1v) is 4.79. The number of aromatic nitrogens is 1. The van der Waals surface area contributed by atoms with Crippen LogP contribution in [0.4, 0.5) is 5.69 Å². The van der Waals surface area contributed by atoms with E-state index in [2.05, 4.69) is 10.5 Å². The van der Waals surface area contributed by atoms with Gasteiger partial charge >= 0.3 is 0 Å². The van der Waals surface area contributed by atoms with Crippen LogP contribution in [0.2, 0.25) is 0 Å². The van der Waals surface area contributed by atoms with E-state index in [1.807, 2.05) is 0 Å². The smallest absolute Gasteiger partial charge is 0.251 e.